The van der Waals surface area contributed by atoms with E-state index in [1.807, 2.05) is 13.0 Å². The van der Waals surface area contributed by atoms with E-state index in [1.165, 1.54) is 18.5 Å². The van der Waals surface area contributed by atoms with Gasteiger partial charge in [0.1, 0.15) is 6.42 Å². The summed E-state index contributed by atoms with van der Waals surface area (Å²) in [4.78, 5) is 13.5. The van der Waals surface area contributed by atoms with Gasteiger partial charge in [-0.3, -0.25) is 4.79 Å². The van der Waals surface area contributed by atoms with E-state index in [4.69, 9.17) is 5.26 Å². The lowest BCUT2D eigenvalue weighted by atomic mass is 10.1. The highest BCUT2D eigenvalue weighted by molar-refractivity contribution is 5.85. The Labute approximate surface area is 118 Å². The Hall–Kier alpha value is -2.35. The topological polar surface area (TPSA) is 68.5 Å². The molecule has 1 amide bonds. The summed E-state index contributed by atoms with van der Waals surface area (Å²) in [6, 6.07) is 8.00. The van der Waals surface area contributed by atoms with Crippen LogP contribution in [0.1, 0.15) is 30.4 Å². The van der Waals surface area contributed by atoms with Gasteiger partial charge in [-0.2, -0.15) is 10.4 Å². The molecule has 1 N–H and O–H groups in total. The molecule has 0 bridgehead atoms. The molecule has 5 nitrogen and oxygen atoms in total. The molecule has 1 aromatic carbocycles. The number of nitrogens with zero attached hydrogens (tertiary/aromatic N) is 3. The quantitative estimate of drug-likeness (QED) is 0.671. The molecular formula is C15H18N4O. The van der Waals surface area contributed by atoms with Crippen LogP contribution in [0.25, 0.3) is 0 Å². The van der Waals surface area contributed by atoms with Gasteiger partial charge in [0.2, 0.25) is 0 Å². The van der Waals surface area contributed by atoms with Crippen molar-refractivity contribution in [1.29, 1.82) is 5.26 Å². The normalized spacial score (nSPS) is 14.5. The lowest BCUT2D eigenvalue weighted by Crippen LogP contribution is -2.18. The number of hydrogen-bond acceptors (Lipinski definition) is 4. The van der Waals surface area contributed by atoms with E-state index in [2.05, 4.69) is 27.6 Å². The van der Waals surface area contributed by atoms with E-state index in [0.717, 1.165) is 24.2 Å². The zero-order valence-electron chi connectivity index (χ0n) is 11.6. The van der Waals surface area contributed by atoms with E-state index in [-0.39, 0.29) is 6.42 Å². The molecule has 0 radical (unpaired) electrons. The fourth-order valence-electron chi connectivity index (χ4n) is 2.26. The van der Waals surface area contributed by atoms with Gasteiger partial charge >= 0.3 is 0 Å². The van der Waals surface area contributed by atoms with E-state index in [0.29, 0.717) is 0 Å². The van der Waals surface area contributed by atoms with E-state index in [1.54, 1.807) is 12.3 Å². The zero-order chi connectivity index (χ0) is 14.4. The van der Waals surface area contributed by atoms with Crippen molar-refractivity contribution in [2.24, 2.45) is 5.10 Å². The molecule has 1 aromatic rings. The summed E-state index contributed by atoms with van der Waals surface area (Å²) >= 11 is 0. The average Bonchev–Trinajstić information content (AvgIpc) is 2.95. The van der Waals surface area contributed by atoms with Crippen LogP contribution in [0.5, 0.6) is 0 Å². The Kier molecular flexibility index (Phi) is 4.72. The summed E-state index contributed by atoms with van der Waals surface area (Å²) in [7, 11) is 0. The first kappa shape index (κ1) is 14.1. The first-order chi connectivity index (χ1) is 9.70. The molecule has 5 heteroatoms. The van der Waals surface area contributed by atoms with Gasteiger partial charge in [-0.25, -0.2) is 5.43 Å². The minimum atomic E-state index is -0.393. The van der Waals surface area contributed by atoms with Crippen LogP contribution in [0.15, 0.2) is 23.3 Å². The van der Waals surface area contributed by atoms with Gasteiger partial charge in [0.05, 0.1) is 12.3 Å². The van der Waals surface area contributed by atoms with E-state index >= 15 is 0 Å². The van der Waals surface area contributed by atoms with Crippen LogP contribution in [0.3, 0.4) is 0 Å². The molecule has 1 heterocycles. The average molecular weight is 270 g/mol. The van der Waals surface area contributed by atoms with E-state index < -0.39 is 5.91 Å². The molecule has 1 aliphatic heterocycles. The molecule has 1 aliphatic rings. The summed E-state index contributed by atoms with van der Waals surface area (Å²) in [5.74, 6) is -0.393. The summed E-state index contributed by atoms with van der Waals surface area (Å²) in [5.41, 5.74) is 5.65. The molecule has 0 atom stereocenters. The van der Waals surface area contributed by atoms with Crippen molar-refractivity contribution in [3.05, 3.63) is 29.3 Å². The van der Waals surface area contributed by atoms with Crippen LogP contribution in [-0.4, -0.2) is 25.2 Å². The number of benzene rings is 1. The fraction of sp³-hybridized carbons (Fsp3) is 0.400. The first-order valence-electron chi connectivity index (χ1n) is 6.75. The van der Waals surface area contributed by atoms with Gasteiger partial charge in [-0.1, -0.05) is 6.07 Å². The number of nitriles is 1. The van der Waals surface area contributed by atoms with Gasteiger partial charge < -0.3 is 4.90 Å². The third-order valence-electron chi connectivity index (χ3n) is 3.36. The molecule has 104 valence electrons. The Morgan fingerprint density at radius 3 is 2.90 bits per heavy atom. The SMILES string of the molecule is Cc1cc(N2CCCC2)ccc1/C=N\NC(=O)CC#N. The third-order valence-corrected chi connectivity index (χ3v) is 3.36. The van der Waals surface area contributed by atoms with Crippen LogP contribution in [0, 0.1) is 18.3 Å². The number of anilines is 1. The minimum absolute atomic E-state index is 0.176. The van der Waals surface area contributed by atoms with Crippen LogP contribution in [0.4, 0.5) is 5.69 Å². The summed E-state index contributed by atoms with van der Waals surface area (Å²) < 4.78 is 0. The summed E-state index contributed by atoms with van der Waals surface area (Å²) in [6.45, 7) is 4.27. The predicted octanol–water partition coefficient (Wildman–Crippen LogP) is 1.96. The van der Waals surface area contributed by atoms with Crippen LogP contribution >= 0.6 is 0 Å². The minimum Gasteiger partial charge on any atom is -0.372 e. The maximum Gasteiger partial charge on any atom is 0.254 e. The Morgan fingerprint density at radius 2 is 2.25 bits per heavy atom. The number of aryl methyl sites for hydroxylation is 1. The zero-order valence-corrected chi connectivity index (χ0v) is 11.6. The second-order valence-electron chi connectivity index (χ2n) is 4.86. The molecular weight excluding hydrogens is 252 g/mol. The van der Waals surface area contributed by atoms with Crippen LogP contribution in [-0.2, 0) is 4.79 Å². The number of nitrogens with one attached hydrogen (secondary N) is 1. The van der Waals surface area contributed by atoms with Crippen molar-refractivity contribution in [1.82, 2.24) is 5.43 Å². The highest BCUT2D eigenvalue weighted by atomic mass is 16.2. The van der Waals surface area contributed by atoms with Crippen LogP contribution < -0.4 is 10.3 Å². The van der Waals surface area contributed by atoms with Crippen LogP contribution in [0.2, 0.25) is 0 Å². The highest BCUT2D eigenvalue weighted by Crippen LogP contribution is 2.22. The maximum absolute atomic E-state index is 11.1. The number of carbonyl (C=O) groups excluding carboxylic acids is 1. The molecule has 1 saturated heterocycles. The number of amides is 1. The molecule has 1 fully saturated rings. The highest BCUT2D eigenvalue weighted by Gasteiger charge is 2.12. The van der Waals surface area contributed by atoms with Gasteiger partial charge in [0.25, 0.3) is 5.91 Å². The van der Waals surface area contributed by atoms with Gasteiger partial charge in [0.15, 0.2) is 0 Å². The Balaban J connectivity index is 2.00. The largest absolute Gasteiger partial charge is 0.372 e. The second kappa shape index (κ2) is 6.71. The Morgan fingerprint density at radius 1 is 1.50 bits per heavy atom. The van der Waals surface area contributed by atoms with Gasteiger partial charge in [-0.15, -0.1) is 0 Å². The predicted molar refractivity (Wildman–Crippen MR) is 78.6 cm³/mol. The van der Waals surface area contributed by atoms with Crippen molar-refractivity contribution in [2.75, 3.05) is 18.0 Å². The standard InChI is InChI=1S/C15H18N4O/c1-12-10-14(19-8-2-3-9-19)5-4-13(12)11-17-18-15(20)6-7-16/h4-5,10-11H,2-3,6,8-9H2,1H3,(H,18,20)/b17-11-. The molecule has 0 spiro atoms. The third kappa shape index (κ3) is 3.58. The molecule has 0 saturated carbocycles. The van der Waals surface area contributed by atoms with Crippen molar-refractivity contribution in [3.8, 4) is 6.07 Å². The number of hydrogen-bond donors (Lipinski definition) is 1. The molecule has 0 unspecified atom stereocenters. The fourth-order valence-corrected chi connectivity index (χ4v) is 2.26. The van der Waals surface area contributed by atoms with Crippen molar-refractivity contribution in [3.63, 3.8) is 0 Å². The maximum atomic E-state index is 11.1. The molecule has 0 aromatic heterocycles. The monoisotopic (exact) mass is 270 g/mol. The molecule has 20 heavy (non-hydrogen) atoms. The molecule has 2 rings (SSSR count). The first-order valence-corrected chi connectivity index (χ1v) is 6.75. The second-order valence-corrected chi connectivity index (χ2v) is 4.86. The van der Waals surface area contributed by atoms with Crippen molar-refractivity contribution < 1.29 is 4.79 Å². The smallest absolute Gasteiger partial charge is 0.254 e. The number of hydrazone groups is 1. The lowest BCUT2D eigenvalue weighted by molar-refractivity contribution is -0.120. The lowest BCUT2D eigenvalue weighted by Gasteiger charge is -2.18. The Bertz CT molecular complexity index is 553. The van der Waals surface area contributed by atoms with Crippen molar-refractivity contribution in [2.45, 2.75) is 26.2 Å². The van der Waals surface area contributed by atoms with Gasteiger partial charge in [-0.05, 0) is 43.0 Å². The summed E-state index contributed by atoms with van der Waals surface area (Å²) in [6.07, 6.45) is 3.95. The number of rotatable bonds is 4. The molecule has 0 aliphatic carbocycles. The van der Waals surface area contributed by atoms with Gasteiger partial charge in [0, 0.05) is 18.8 Å². The van der Waals surface area contributed by atoms with Crippen molar-refractivity contribution >= 4 is 17.8 Å². The number of carbonyl (C=O) groups is 1. The van der Waals surface area contributed by atoms with E-state index in [9.17, 15) is 4.79 Å². The summed E-state index contributed by atoms with van der Waals surface area (Å²) in [5, 5.41) is 12.2.